The van der Waals surface area contributed by atoms with Crippen molar-refractivity contribution in [3.63, 3.8) is 0 Å². The van der Waals surface area contributed by atoms with Gasteiger partial charge in [-0.1, -0.05) is 43.3 Å². The number of halogens is 2. The predicted octanol–water partition coefficient (Wildman–Crippen LogP) is 4.78. The molecule has 1 fully saturated rings. The van der Waals surface area contributed by atoms with Gasteiger partial charge >= 0.3 is 0 Å². The van der Waals surface area contributed by atoms with E-state index in [1.165, 1.54) is 16.7 Å². The Hall–Kier alpha value is -1.96. The van der Waals surface area contributed by atoms with Crippen LogP contribution in [-0.4, -0.2) is 77.3 Å². The fraction of sp³-hybridized carbons (Fsp3) is 0.481. The van der Waals surface area contributed by atoms with E-state index in [-0.39, 0.29) is 24.8 Å². The molecule has 3 aromatic rings. The van der Waals surface area contributed by atoms with E-state index in [2.05, 4.69) is 77.6 Å². The number of aryl methyl sites for hydroxylation is 3. The van der Waals surface area contributed by atoms with Crippen LogP contribution in [0.5, 0.6) is 0 Å². The Bertz CT molecular complexity index is 1090. The van der Waals surface area contributed by atoms with E-state index < -0.39 is 0 Å². The number of hydrogen-bond donors (Lipinski definition) is 0. The molecular formula is C27H39Cl2N5O. The van der Waals surface area contributed by atoms with Crippen molar-refractivity contribution in [2.24, 2.45) is 0 Å². The zero-order valence-corrected chi connectivity index (χ0v) is 23.0. The van der Waals surface area contributed by atoms with Crippen LogP contribution in [0.3, 0.4) is 0 Å². The molecule has 0 aliphatic carbocycles. The highest BCUT2D eigenvalue weighted by atomic mass is 35.5. The summed E-state index contributed by atoms with van der Waals surface area (Å²) in [4.78, 5) is 14.7. The molecule has 0 bridgehead atoms. The van der Waals surface area contributed by atoms with Crippen LogP contribution < -0.4 is 0 Å². The van der Waals surface area contributed by atoms with Crippen molar-refractivity contribution >= 4 is 42.1 Å². The third-order valence-corrected chi connectivity index (χ3v) is 6.49. The minimum atomic E-state index is 0. The largest absolute Gasteiger partial charge is 0.383 e. The van der Waals surface area contributed by atoms with Gasteiger partial charge in [0.1, 0.15) is 11.3 Å². The first-order chi connectivity index (χ1) is 16.1. The molecule has 1 saturated heterocycles. The molecule has 6 nitrogen and oxygen atoms in total. The summed E-state index contributed by atoms with van der Waals surface area (Å²) in [5.41, 5.74) is 6.78. The van der Waals surface area contributed by atoms with E-state index in [1.807, 2.05) is 0 Å². The fourth-order valence-corrected chi connectivity index (χ4v) is 4.55. The fourth-order valence-electron chi connectivity index (χ4n) is 4.55. The van der Waals surface area contributed by atoms with Gasteiger partial charge in [0.05, 0.1) is 13.2 Å². The van der Waals surface area contributed by atoms with Crippen LogP contribution in [0, 0.1) is 13.8 Å². The summed E-state index contributed by atoms with van der Waals surface area (Å²) >= 11 is 0. The number of fused-ring (bicyclic) bond motifs is 1. The summed E-state index contributed by atoms with van der Waals surface area (Å²) in [5.74, 6) is 1.09. The molecule has 0 unspecified atom stereocenters. The predicted molar refractivity (Wildman–Crippen MR) is 150 cm³/mol. The highest BCUT2D eigenvalue weighted by Crippen LogP contribution is 2.21. The van der Waals surface area contributed by atoms with Crippen LogP contribution in [0.15, 0.2) is 36.4 Å². The third kappa shape index (κ3) is 7.51. The number of methoxy groups -OCH3 is 1. The second kappa shape index (κ2) is 14.0. The molecule has 1 aliphatic heterocycles. The normalized spacial score (nSPS) is 14.9. The van der Waals surface area contributed by atoms with Gasteiger partial charge in [-0.15, -0.1) is 24.8 Å². The van der Waals surface area contributed by atoms with Crippen LogP contribution >= 0.6 is 24.8 Å². The summed E-state index contributed by atoms with van der Waals surface area (Å²) in [6, 6.07) is 11.0. The van der Waals surface area contributed by atoms with E-state index in [0.717, 1.165) is 81.5 Å². The van der Waals surface area contributed by atoms with Gasteiger partial charge in [0.2, 0.25) is 0 Å². The molecule has 0 saturated carbocycles. The minimum absolute atomic E-state index is 0. The zero-order chi connectivity index (χ0) is 23.2. The molecule has 1 aliphatic rings. The molecule has 35 heavy (non-hydrogen) atoms. The first-order valence-electron chi connectivity index (χ1n) is 12.1. The number of imidazole rings is 1. The maximum atomic E-state index is 5.19. The quantitative estimate of drug-likeness (QED) is 0.407. The summed E-state index contributed by atoms with van der Waals surface area (Å²) in [7, 11) is 1.77. The Morgan fingerprint density at radius 2 is 1.66 bits per heavy atom. The number of piperazine rings is 1. The number of rotatable bonds is 9. The van der Waals surface area contributed by atoms with E-state index in [9.17, 15) is 0 Å². The molecule has 0 spiro atoms. The van der Waals surface area contributed by atoms with Crippen LogP contribution in [0.2, 0.25) is 0 Å². The Labute approximate surface area is 222 Å². The van der Waals surface area contributed by atoms with Crippen molar-refractivity contribution in [1.29, 1.82) is 0 Å². The van der Waals surface area contributed by atoms with Gasteiger partial charge in [-0.2, -0.15) is 0 Å². The van der Waals surface area contributed by atoms with Gasteiger partial charge in [-0.05, 0) is 36.6 Å². The van der Waals surface area contributed by atoms with Crippen LogP contribution in [0.4, 0.5) is 0 Å². The minimum Gasteiger partial charge on any atom is -0.383 e. The summed E-state index contributed by atoms with van der Waals surface area (Å²) in [6.07, 6.45) is 5.42. The maximum absolute atomic E-state index is 5.19. The van der Waals surface area contributed by atoms with E-state index in [1.54, 1.807) is 7.11 Å². The van der Waals surface area contributed by atoms with Crippen molar-refractivity contribution in [2.75, 3.05) is 53.0 Å². The van der Waals surface area contributed by atoms with Gasteiger partial charge in [0, 0.05) is 58.5 Å². The second-order valence-corrected chi connectivity index (χ2v) is 9.00. The smallest absolute Gasteiger partial charge is 0.160 e. The Morgan fingerprint density at radius 1 is 0.971 bits per heavy atom. The summed E-state index contributed by atoms with van der Waals surface area (Å²) < 4.78 is 7.46. The van der Waals surface area contributed by atoms with Crippen molar-refractivity contribution in [3.05, 3.63) is 64.6 Å². The van der Waals surface area contributed by atoms with E-state index in [0.29, 0.717) is 0 Å². The van der Waals surface area contributed by atoms with Crippen LogP contribution in [0.25, 0.3) is 17.2 Å². The summed E-state index contributed by atoms with van der Waals surface area (Å²) in [6.45, 7) is 14.5. The topological polar surface area (TPSA) is 46.4 Å². The van der Waals surface area contributed by atoms with E-state index >= 15 is 0 Å². The lowest BCUT2D eigenvalue weighted by Crippen LogP contribution is -2.47. The first kappa shape index (κ1) is 29.3. The lowest BCUT2D eigenvalue weighted by atomic mass is 10.1. The number of ether oxygens (including phenoxy) is 1. The second-order valence-electron chi connectivity index (χ2n) is 9.00. The highest BCUT2D eigenvalue weighted by Gasteiger charge is 2.15. The summed E-state index contributed by atoms with van der Waals surface area (Å²) in [5, 5.41) is 0. The van der Waals surface area contributed by atoms with Crippen molar-refractivity contribution in [1.82, 2.24) is 24.3 Å². The molecule has 0 radical (unpaired) electrons. The molecule has 3 heterocycles. The molecule has 0 amide bonds. The maximum Gasteiger partial charge on any atom is 0.160 e. The molecule has 2 aromatic heterocycles. The number of nitrogens with zero attached hydrogens (tertiary/aromatic N) is 5. The number of hydrogen-bond acceptors (Lipinski definition) is 5. The highest BCUT2D eigenvalue weighted by molar-refractivity contribution is 5.85. The lowest BCUT2D eigenvalue weighted by Gasteiger charge is -2.33. The Balaban J connectivity index is 0.00000216. The van der Waals surface area contributed by atoms with Crippen LogP contribution in [0.1, 0.15) is 35.1 Å². The first-order valence-corrected chi connectivity index (χ1v) is 12.1. The monoisotopic (exact) mass is 519 g/mol. The molecular weight excluding hydrogens is 481 g/mol. The van der Waals surface area contributed by atoms with Gasteiger partial charge in [0.15, 0.2) is 5.65 Å². The molecule has 8 heteroatoms. The Morgan fingerprint density at radius 3 is 2.31 bits per heavy atom. The number of benzene rings is 1. The molecule has 0 atom stereocenters. The SMILES string of the molecule is CCc1nc2c(C)cc(C)nc2n1Cc1ccc(/C=C/CN2CCN(CCOC)CC2)cc1.Cl.Cl. The van der Waals surface area contributed by atoms with E-state index in [4.69, 9.17) is 14.7 Å². The zero-order valence-electron chi connectivity index (χ0n) is 21.4. The molecule has 4 rings (SSSR count). The van der Waals surface area contributed by atoms with Crippen molar-refractivity contribution in [3.8, 4) is 0 Å². The van der Waals surface area contributed by atoms with Gasteiger partial charge < -0.3 is 9.30 Å². The van der Waals surface area contributed by atoms with Gasteiger partial charge in [-0.3, -0.25) is 9.80 Å². The molecule has 1 aromatic carbocycles. The third-order valence-electron chi connectivity index (χ3n) is 6.49. The molecule has 0 N–H and O–H groups in total. The van der Waals surface area contributed by atoms with Crippen molar-refractivity contribution in [2.45, 2.75) is 33.7 Å². The Kier molecular flexibility index (Phi) is 11.7. The lowest BCUT2D eigenvalue weighted by molar-refractivity contribution is 0.102. The van der Waals surface area contributed by atoms with Gasteiger partial charge in [-0.25, -0.2) is 9.97 Å². The van der Waals surface area contributed by atoms with Crippen LogP contribution in [-0.2, 0) is 17.7 Å². The number of aromatic nitrogens is 3. The standard InChI is InChI=1S/C27H37N5O.2ClH/c1-5-25-29-26-21(2)19-22(3)28-27(26)32(25)20-24-10-8-23(9-11-24)7-6-12-30-13-15-31(16-14-30)17-18-33-4;;/h6-11,19H,5,12-18,20H2,1-4H3;2*1H/b7-6+;;. The average molecular weight is 521 g/mol. The van der Waals surface area contributed by atoms with Gasteiger partial charge in [0.25, 0.3) is 0 Å². The molecule has 192 valence electrons. The van der Waals surface area contributed by atoms with Crippen molar-refractivity contribution < 1.29 is 4.74 Å². The average Bonchev–Trinajstić information content (AvgIpc) is 3.17. The number of pyridine rings is 1.